The molecule has 0 heterocycles. The number of hydrogen-bond donors (Lipinski definition) is 2. The zero-order valence-corrected chi connectivity index (χ0v) is 11.5. The molecule has 1 aromatic carbocycles. The van der Waals surface area contributed by atoms with Crippen molar-refractivity contribution in [1.82, 2.24) is 5.32 Å². The van der Waals surface area contributed by atoms with Crippen molar-refractivity contribution in [2.75, 3.05) is 26.4 Å². The fraction of sp³-hybridized carbons (Fsp3) is 0.462. The van der Waals surface area contributed by atoms with Crippen molar-refractivity contribution in [3.05, 3.63) is 39.9 Å². The molecular weight excluding hydrogens is 280 g/mol. The van der Waals surface area contributed by atoms with Crippen LogP contribution in [0.5, 0.6) is 0 Å². The molecule has 1 amide bonds. The Morgan fingerprint density at radius 3 is 2.76 bits per heavy atom. The maximum Gasteiger partial charge on any atom is 0.404 e. The molecular formula is C13H18N2O6. The minimum absolute atomic E-state index is 0.0466. The summed E-state index contributed by atoms with van der Waals surface area (Å²) in [6, 6.07) is 6.30. The molecule has 21 heavy (non-hydrogen) atoms. The first-order valence-corrected chi connectivity index (χ1v) is 6.45. The number of nitrogens with one attached hydrogen (secondary N) is 1. The van der Waals surface area contributed by atoms with Crippen molar-refractivity contribution in [2.24, 2.45) is 0 Å². The minimum atomic E-state index is -1.07. The lowest BCUT2D eigenvalue weighted by atomic mass is 10.2. The van der Waals surface area contributed by atoms with Crippen LogP contribution >= 0.6 is 0 Å². The number of non-ortho nitro benzene ring substituents is 1. The topological polar surface area (TPSA) is 111 Å². The highest BCUT2D eigenvalue weighted by atomic mass is 16.6. The maximum absolute atomic E-state index is 10.6. The molecule has 0 saturated carbocycles. The quantitative estimate of drug-likeness (QED) is 0.387. The molecule has 2 N–H and O–H groups in total. The minimum Gasteiger partial charge on any atom is -0.465 e. The molecule has 0 aliphatic carbocycles. The highest BCUT2D eigenvalue weighted by Gasteiger charge is 2.05. The van der Waals surface area contributed by atoms with E-state index in [2.05, 4.69) is 5.32 Å². The second-order valence-corrected chi connectivity index (χ2v) is 4.18. The van der Waals surface area contributed by atoms with E-state index in [0.29, 0.717) is 32.8 Å². The van der Waals surface area contributed by atoms with Gasteiger partial charge in [-0.15, -0.1) is 0 Å². The highest BCUT2D eigenvalue weighted by Crippen LogP contribution is 2.13. The summed E-state index contributed by atoms with van der Waals surface area (Å²) in [6.45, 7) is 1.81. The van der Waals surface area contributed by atoms with Crippen LogP contribution in [0.25, 0.3) is 0 Å². The number of nitrogens with zero attached hydrogens (tertiary/aromatic N) is 1. The van der Waals surface area contributed by atoms with Crippen molar-refractivity contribution >= 4 is 11.8 Å². The van der Waals surface area contributed by atoms with Gasteiger partial charge in [-0.05, 0) is 12.0 Å². The summed E-state index contributed by atoms with van der Waals surface area (Å²) in [6.07, 6.45) is -0.402. The first kappa shape index (κ1) is 16.9. The van der Waals surface area contributed by atoms with Gasteiger partial charge in [-0.25, -0.2) is 4.79 Å². The van der Waals surface area contributed by atoms with Gasteiger partial charge in [0.25, 0.3) is 5.69 Å². The van der Waals surface area contributed by atoms with Crippen LogP contribution in [0.1, 0.15) is 12.0 Å². The van der Waals surface area contributed by atoms with E-state index < -0.39 is 11.0 Å². The van der Waals surface area contributed by atoms with E-state index >= 15 is 0 Å². The summed E-state index contributed by atoms with van der Waals surface area (Å²) < 4.78 is 10.6. The van der Waals surface area contributed by atoms with Crippen molar-refractivity contribution in [1.29, 1.82) is 0 Å². The molecule has 0 radical (unpaired) electrons. The molecule has 1 rings (SSSR count). The predicted molar refractivity (Wildman–Crippen MR) is 74.2 cm³/mol. The average Bonchev–Trinajstić information content (AvgIpc) is 2.45. The summed E-state index contributed by atoms with van der Waals surface area (Å²) >= 11 is 0. The normalized spacial score (nSPS) is 10.3. The number of nitro groups is 1. The summed E-state index contributed by atoms with van der Waals surface area (Å²) in [5.74, 6) is 0. The molecule has 0 bridgehead atoms. The number of benzene rings is 1. The number of carbonyl (C=O) groups is 1. The Labute approximate surface area is 121 Å². The number of amides is 1. The third kappa shape index (κ3) is 7.85. The molecule has 1 aromatic rings. The van der Waals surface area contributed by atoms with E-state index in [9.17, 15) is 14.9 Å². The summed E-state index contributed by atoms with van der Waals surface area (Å²) in [4.78, 5) is 20.3. The Bertz CT molecular complexity index is 466. The SMILES string of the molecule is O=C(O)NCCOCCCOCc1cccc([N+](=O)[O-])c1. The lowest BCUT2D eigenvalue weighted by Gasteiger charge is -2.06. The number of hydrogen-bond acceptors (Lipinski definition) is 5. The molecule has 0 unspecified atom stereocenters. The molecule has 0 aliphatic heterocycles. The standard InChI is InChI=1S/C13H18N2O6/c16-13(17)14-5-8-20-6-2-7-21-10-11-3-1-4-12(9-11)15(18)19/h1,3-4,9,14H,2,5-8,10H2,(H,16,17). The Hall–Kier alpha value is -2.19. The van der Waals surface area contributed by atoms with Gasteiger partial charge in [0.05, 0.1) is 18.1 Å². The molecule has 0 spiro atoms. The molecule has 0 saturated heterocycles. The Balaban J connectivity index is 2.05. The van der Waals surface area contributed by atoms with Crippen LogP contribution in [0.4, 0.5) is 10.5 Å². The van der Waals surface area contributed by atoms with Crippen molar-refractivity contribution < 1.29 is 24.3 Å². The number of rotatable bonds is 10. The molecule has 0 aromatic heterocycles. The van der Waals surface area contributed by atoms with Gasteiger partial charge in [0, 0.05) is 31.9 Å². The van der Waals surface area contributed by atoms with Gasteiger partial charge < -0.3 is 19.9 Å². The van der Waals surface area contributed by atoms with Crippen molar-refractivity contribution in [3.63, 3.8) is 0 Å². The van der Waals surface area contributed by atoms with E-state index in [0.717, 1.165) is 5.56 Å². The lowest BCUT2D eigenvalue weighted by Crippen LogP contribution is -2.25. The number of nitro benzene ring substituents is 1. The van der Waals surface area contributed by atoms with Crippen molar-refractivity contribution in [2.45, 2.75) is 13.0 Å². The fourth-order valence-electron chi connectivity index (χ4n) is 1.55. The summed E-state index contributed by atoms with van der Waals surface area (Å²) in [5.41, 5.74) is 0.793. The van der Waals surface area contributed by atoms with E-state index in [1.165, 1.54) is 12.1 Å². The van der Waals surface area contributed by atoms with E-state index in [4.69, 9.17) is 14.6 Å². The van der Waals surface area contributed by atoms with E-state index in [1.54, 1.807) is 12.1 Å². The van der Waals surface area contributed by atoms with Crippen molar-refractivity contribution in [3.8, 4) is 0 Å². The molecule has 0 fully saturated rings. The number of ether oxygens (including phenoxy) is 2. The van der Waals surface area contributed by atoms with E-state index in [-0.39, 0.29) is 12.2 Å². The largest absolute Gasteiger partial charge is 0.465 e. The molecule has 8 nitrogen and oxygen atoms in total. The van der Waals surface area contributed by atoms with Crippen LogP contribution in [0, 0.1) is 10.1 Å². The van der Waals surface area contributed by atoms with Crippen LogP contribution in [-0.4, -0.2) is 42.5 Å². The van der Waals surface area contributed by atoms with Gasteiger partial charge in [0.15, 0.2) is 0 Å². The lowest BCUT2D eigenvalue weighted by molar-refractivity contribution is -0.384. The zero-order valence-electron chi connectivity index (χ0n) is 11.5. The molecule has 8 heteroatoms. The third-order valence-corrected chi connectivity index (χ3v) is 2.49. The monoisotopic (exact) mass is 298 g/mol. The maximum atomic E-state index is 10.6. The number of carboxylic acid groups (broad SMARTS) is 1. The second kappa shape index (κ2) is 9.67. The van der Waals surface area contributed by atoms with Gasteiger partial charge in [-0.3, -0.25) is 10.1 Å². The van der Waals surface area contributed by atoms with Gasteiger partial charge in [-0.2, -0.15) is 0 Å². The first-order chi connectivity index (χ1) is 10.1. The third-order valence-electron chi connectivity index (χ3n) is 2.49. The summed E-state index contributed by atoms with van der Waals surface area (Å²) in [7, 11) is 0. The van der Waals surface area contributed by atoms with Crippen LogP contribution in [0.3, 0.4) is 0 Å². The van der Waals surface area contributed by atoms with Crippen LogP contribution < -0.4 is 5.32 Å². The fourth-order valence-corrected chi connectivity index (χ4v) is 1.55. The van der Waals surface area contributed by atoms with Crippen LogP contribution in [-0.2, 0) is 16.1 Å². The highest BCUT2D eigenvalue weighted by molar-refractivity contribution is 5.64. The summed E-state index contributed by atoms with van der Waals surface area (Å²) in [5, 5.41) is 21.1. The Morgan fingerprint density at radius 2 is 2.05 bits per heavy atom. The Kier molecular flexibility index (Phi) is 7.77. The van der Waals surface area contributed by atoms with E-state index in [1.807, 2.05) is 0 Å². The van der Waals surface area contributed by atoms with Gasteiger partial charge >= 0.3 is 6.09 Å². The zero-order chi connectivity index (χ0) is 15.5. The van der Waals surface area contributed by atoms with Gasteiger partial charge in [0.1, 0.15) is 0 Å². The van der Waals surface area contributed by atoms with Gasteiger partial charge in [0.2, 0.25) is 0 Å². The smallest absolute Gasteiger partial charge is 0.404 e. The van der Waals surface area contributed by atoms with Gasteiger partial charge in [-0.1, -0.05) is 12.1 Å². The molecule has 0 atom stereocenters. The first-order valence-electron chi connectivity index (χ1n) is 6.45. The molecule has 0 aliphatic rings. The molecule has 116 valence electrons. The average molecular weight is 298 g/mol. The van der Waals surface area contributed by atoms with Crippen LogP contribution in [0.15, 0.2) is 24.3 Å². The Morgan fingerprint density at radius 1 is 1.29 bits per heavy atom. The van der Waals surface area contributed by atoms with Crippen LogP contribution in [0.2, 0.25) is 0 Å². The predicted octanol–water partition coefficient (Wildman–Crippen LogP) is 1.79. The second-order valence-electron chi connectivity index (χ2n) is 4.18.